The van der Waals surface area contributed by atoms with Crippen molar-refractivity contribution in [2.45, 2.75) is 20.8 Å². The molecule has 0 saturated heterocycles. The van der Waals surface area contributed by atoms with Crippen LogP contribution in [0, 0.1) is 6.92 Å². The molecule has 0 aliphatic heterocycles. The van der Waals surface area contributed by atoms with Crippen LogP contribution in [0.25, 0.3) is 0 Å². The van der Waals surface area contributed by atoms with Crippen molar-refractivity contribution in [1.82, 2.24) is 4.98 Å². The molecule has 0 aliphatic rings. The van der Waals surface area contributed by atoms with Gasteiger partial charge in [-0.05, 0) is 38.0 Å². The van der Waals surface area contributed by atoms with Crippen LogP contribution < -0.4 is 0 Å². The fourth-order valence-corrected chi connectivity index (χ4v) is 0.822. The summed E-state index contributed by atoms with van der Waals surface area (Å²) in [6, 6.07) is 2.00. The Kier molecular flexibility index (Phi) is 2.48. The van der Waals surface area contributed by atoms with Gasteiger partial charge < -0.3 is 4.98 Å². The summed E-state index contributed by atoms with van der Waals surface area (Å²) in [5.74, 6) is 0.926. The van der Waals surface area contributed by atoms with Crippen molar-refractivity contribution in [2.75, 3.05) is 0 Å². The zero-order valence-corrected chi connectivity index (χ0v) is 7.81. The van der Waals surface area contributed by atoms with E-state index in [4.69, 9.17) is 0 Å². The van der Waals surface area contributed by atoms with Gasteiger partial charge in [-0.2, -0.15) is 0 Å². The van der Waals surface area contributed by atoms with E-state index in [2.05, 4.69) is 16.6 Å². The van der Waals surface area contributed by atoms with Crippen molar-refractivity contribution in [3.8, 4) is 0 Å². The van der Waals surface area contributed by atoms with Gasteiger partial charge in [0.25, 0.3) is 0 Å². The molecule has 0 saturated carbocycles. The Hall–Kier alpha value is -1.31. The Balaban J connectivity index is 2.95. The molecular weight excluding hydrogens is 148 g/mol. The minimum atomic E-state index is 0.926. The second-order valence-electron chi connectivity index (χ2n) is 2.99. The highest BCUT2D eigenvalue weighted by molar-refractivity contribution is 5.98. The molecule has 0 radical (unpaired) electrons. The van der Waals surface area contributed by atoms with Gasteiger partial charge in [0, 0.05) is 11.9 Å². The molecule has 1 rings (SSSR count). The molecule has 0 amide bonds. The van der Waals surface area contributed by atoms with Crippen LogP contribution in [0.15, 0.2) is 29.4 Å². The highest BCUT2D eigenvalue weighted by Crippen LogP contribution is 2.15. The van der Waals surface area contributed by atoms with Crippen molar-refractivity contribution in [3.05, 3.63) is 30.0 Å². The van der Waals surface area contributed by atoms with Gasteiger partial charge in [0.15, 0.2) is 0 Å². The summed E-state index contributed by atoms with van der Waals surface area (Å²) in [4.78, 5) is 7.44. The predicted molar refractivity (Wildman–Crippen MR) is 53.1 cm³/mol. The maximum Gasteiger partial charge on any atom is 0.133 e. The fourth-order valence-electron chi connectivity index (χ4n) is 0.822. The zero-order chi connectivity index (χ0) is 9.14. The minimum absolute atomic E-state index is 0.926. The number of aryl methyl sites for hydroxylation is 1. The van der Waals surface area contributed by atoms with Gasteiger partial charge in [0.05, 0.1) is 0 Å². The van der Waals surface area contributed by atoms with Gasteiger partial charge in [-0.1, -0.05) is 6.58 Å². The van der Waals surface area contributed by atoms with E-state index < -0.39 is 0 Å². The number of rotatable bonds is 2. The third-order valence-corrected chi connectivity index (χ3v) is 1.82. The lowest BCUT2D eigenvalue weighted by Gasteiger charge is -1.97. The molecule has 0 aromatic carbocycles. The first kappa shape index (κ1) is 8.78. The number of hydrogen-bond donors (Lipinski definition) is 1. The summed E-state index contributed by atoms with van der Waals surface area (Å²) in [6.45, 7) is 9.77. The number of allylic oxidation sites excluding steroid dienone is 1. The molecule has 0 aliphatic carbocycles. The Labute approximate surface area is 73.0 Å². The van der Waals surface area contributed by atoms with E-state index in [-0.39, 0.29) is 0 Å². The average Bonchev–Trinajstić information content (AvgIpc) is 2.36. The van der Waals surface area contributed by atoms with E-state index in [0.717, 1.165) is 22.7 Å². The maximum absolute atomic E-state index is 4.38. The zero-order valence-electron chi connectivity index (χ0n) is 7.81. The molecule has 1 aromatic rings. The summed E-state index contributed by atoms with van der Waals surface area (Å²) in [5.41, 5.74) is 3.14. The van der Waals surface area contributed by atoms with Crippen molar-refractivity contribution in [2.24, 2.45) is 4.99 Å². The molecule has 2 heteroatoms. The van der Waals surface area contributed by atoms with Crippen LogP contribution in [-0.2, 0) is 0 Å². The Morgan fingerprint density at radius 1 is 1.50 bits per heavy atom. The summed E-state index contributed by atoms with van der Waals surface area (Å²) < 4.78 is 0. The summed E-state index contributed by atoms with van der Waals surface area (Å²) in [5, 5.41) is 0. The minimum Gasteiger partial charge on any atom is -0.346 e. The topological polar surface area (TPSA) is 28.1 Å². The molecule has 2 nitrogen and oxygen atoms in total. The van der Waals surface area contributed by atoms with Crippen LogP contribution >= 0.6 is 0 Å². The predicted octanol–water partition coefficient (Wildman–Crippen LogP) is 2.99. The number of aromatic nitrogens is 1. The molecule has 0 fully saturated rings. The van der Waals surface area contributed by atoms with E-state index in [1.807, 2.05) is 33.0 Å². The van der Waals surface area contributed by atoms with Crippen molar-refractivity contribution in [3.63, 3.8) is 0 Å². The third-order valence-electron chi connectivity index (χ3n) is 1.82. The average molecular weight is 162 g/mol. The van der Waals surface area contributed by atoms with Gasteiger partial charge in [-0.15, -0.1) is 0 Å². The summed E-state index contributed by atoms with van der Waals surface area (Å²) >= 11 is 0. The molecule has 0 unspecified atom stereocenters. The van der Waals surface area contributed by atoms with Crippen LogP contribution in [0.2, 0.25) is 0 Å². The van der Waals surface area contributed by atoms with Crippen LogP contribution in [0.3, 0.4) is 0 Å². The first-order valence-electron chi connectivity index (χ1n) is 3.96. The van der Waals surface area contributed by atoms with Gasteiger partial charge in [0.1, 0.15) is 5.82 Å². The van der Waals surface area contributed by atoms with E-state index in [1.165, 1.54) is 0 Å². The lowest BCUT2D eigenvalue weighted by atomic mass is 10.2. The Morgan fingerprint density at radius 2 is 2.17 bits per heavy atom. The second kappa shape index (κ2) is 3.39. The van der Waals surface area contributed by atoms with Gasteiger partial charge >= 0.3 is 0 Å². The number of aromatic amines is 1. The van der Waals surface area contributed by atoms with Crippen LogP contribution in [0.1, 0.15) is 19.4 Å². The number of nitrogens with one attached hydrogen (secondary N) is 1. The standard InChI is InChI=1S/C10H14N2/c1-7(2)9(4)12-10-8(3)5-6-11-10/h5-6,11H,1H2,2-4H3. The normalized spacial score (nSPS) is 11.8. The van der Waals surface area contributed by atoms with Crippen LogP contribution in [0.4, 0.5) is 5.82 Å². The van der Waals surface area contributed by atoms with E-state index in [9.17, 15) is 0 Å². The van der Waals surface area contributed by atoms with Crippen LogP contribution in [0.5, 0.6) is 0 Å². The fraction of sp³-hybridized carbons (Fsp3) is 0.300. The first-order chi connectivity index (χ1) is 5.61. The smallest absolute Gasteiger partial charge is 0.133 e. The molecule has 64 valence electrons. The van der Waals surface area contributed by atoms with Crippen molar-refractivity contribution < 1.29 is 0 Å². The van der Waals surface area contributed by atoms with Crippen molar-refractivity contribution in [1.29, 1.82) is 0 Å². The van der Waals surface area contributed by atoms with Crippen molar-refractivity contribution >= 4 is 11.5 Å². The Morgan fingerprint density at radius 3 is 2.58 bits per heavy atom. The number of H-pyrrole nitrogens is 1. The molecule has 0 atom stereocenters. The maximum atomic E-state index is 4.38. The number of hydrogen-bond acceptors (Lipinski definition) is 1. The quantitative estimate of drug-likeness (QED) is 0.647. The van der Waals surface area contributed by atoms with Gasteiger partial charge in [-0.25, -0.2) is 4.99 Å². The molecule has 1 aromatic heterocycles. The van der Waals surface area contributed by atoms with E-state index >= 15 is 0 Å². The third kappa shape index (κ3) is 1.84. The van der Waals surface area contributed by atoms with Gasteiger partial charge in [-0.3, -0.25) is 0 Å². The second-order valence-corrected chi connectivity index (χ2v) is 2.99. The van der Waals surface area contributed by atoms with Crippen LogP contribution in [-0.4, -0.2) is 10.7 Å². The number of nitrogens with zero attached hydrogens (tertiary/aromatic N) is 1. The molecule has 12 heavy (non-hydrogen) atoms. The summed E-state index contributed by atoms with van der Waals surface area (Å²) in [6.07, 6.45) is 1.89. The highest BCUT2D eigenvalue weighted by Gasteiger charge is 1.97. The van der Waals surface area contributed by atoms with Gasteiger partial charge in [0.2, 0.25) is 0 Å². The lowest BCUT2D eigenvalue weighted by molar-refractivity contribution is 1.30. The molecule has 0 spiro atoms. The highest BCUT2D eigenvalue weighted by atomic mass is 14.9. The molecule has 1 heterocycles. The first-order valence-corrected chi connectivity index (χ1v) is 3.96. The van der Waals surface area contributed by atoms with E-state index in [0.29, 0.717) is 0 Å². The largest absolute Gasteiger partial charge is 0.346 e. The lowest BCUT2D eigenvalue weighted by Crippen LogP contribution is -1.90. The molecule has 0 bridgehead atoms. The van der Waals surface area contributed by atoms with E-state index in [1.54, 1.807) is 0 Å². The summed E-state index contributed by atoms with van der Waals surface area (Å²) in [7, 11) is 0. The molecular formula is C10H14N2. The number of aliphatic imine (C=N–C) groups is 1. The molecule has 1 N–H and O–H groups in total. The SMILES string of the molecule is C=C(C)C(C)=Nc1[nH]ccc1C. The Bertz CT molecular complexity index is 318. The monoisotopic (exact) mass is 162 g/mol.